The molecule has 0 amide bonds. The van der Waals surface area contributed by atoms with E-state index in [0.717, 1.165) is 22.6 Å². The molecule has 0 saturated heterocycles. The highest BCUT2D eigenvalue weighted by Gasteiger charge is 2.36. The molecule has 2 unspecified atom stereocenters. The number of anilines is 2. The minimum absolute atomic E-state index is 0.201. The van der Waals surface area contributed by atoms with Gasteiger partial charge in [0.2, 0.25) is 0 Å². The highest BCUT2D eigenvalue weighted by molar-refractivity contribution is 8.76. The number of sulfonamides is 2. The van der Waals surface area contributed by atoms with Crippen LogP contribution in [0.3, 0.4) is 0 Å². The fraction of sp³-hybridized carbons (Fsp3) is 0.250. The van der Waals surface area contributed by atoms with Gasteiger partial charge in [0.15, 0.2) is 0 Å². The molecule has 46 heavy (non-hydrogen) atoms. The Bertz CT molecular complexity index is 1850. The molecule has 0 aliphatic carbocycles. The summed E-state index contributed by atoms with van der Waals surface area (Å²) >= 11 is 12.5. The van der Waals surface area contributed by atoms with Gasteiger partial charge in [-0.1, -0.05) is 93.3 Å². The van der Waals surface area contributed by atoms with E-state index < -0.39 is 20.0 Å². The first-order chi connectivity index (χ1) is 22.0. The summed E-state index contributed by atoms with van der Waals surface area (Å²) in [6.45, 7) is 1.29. The second kappa shape index (κ2) is 13.6. The van der Waals surface area contributed by atoms with Crippen LogP contribution in [0.25, 0.3) is 0 Å². The lowest BCUT2D eigenvalue weighted by molar-refractivity contribution is 0.589. The van der Waals surface area contributed by atoms with Gasteiger partial charge >= 0.3 is 0 Å². The van der Waals surface area contributed by atoms with Crippen molar-refractivity contribution in [3.63, 3.8) is 0 Å². The van der Waals surface area contributed by atoms with Crippen LogP contribution in [0, 0.1) is 0 Å². The Hall–Kier alpha value is -2.42. The number of nitrogens with one attached hydrogen (secondary N) is 2. The maximum Gasteiger partial charge on any atom is 0.264 e. The molecule has 2 atom stereocenters. The Balaban J connectivity index is 1.10. The zero-order valence-corrected chi connectivity index (χ0v) is 29.8. The highest BCUT2D eigenvalue weighted by atomic mass is 35.5. The molecule has 4 aromatic carbocycles. The van der Waals surface area contributed by atoms with Crippen molar-refractivity contribution in [1.82, 2.24) is 10.6 Å². The van der Waals surface area contributed by atoms with Gasteiger partial charge < -0.3 is 10.6 Å². The van der Waals surface area contributed by atoms with E-state index in [-0.39, 0.29) is 21.9 Å². The Morgan fingerprint density at radius 2 is 1.00 bits per heavy atom. The first kappa shape index (κ1) is 33.5. The summed E-state index contributed by atoms with van der Waals surface area (Å²) in [7, 11) is -0.986. The van der Waals surface area contributed by atoms with Gasteiger partial charge in [-0.2, -0.15) is 0 Å². The minimum Gasteiger partial charge on any atom is -0.305 e. The zero-order valence-electron chi connectivity index (χ0n) is 25.0. The number of nitrogens with zero attached hydrogens (tertiary/aromatic N) is 2. The summed E-state index contributed by atoms with van der Waals surface area (Å²) in [5.74, 6) is 1.57. The molecule has 4 aromatic rings. The first-order valence-electron chi connectivity index (χ1n) is 14.5. The molecule has 242 valence electrons. The molecule has 0 bridgehead atoms. The predicted molar refractivity (Wildman–Crippen MR) is 192 cm³/mol. The lowest BCUT2D eigenvalue weighted by Gasteiger charge is -2.22. The quantitative estimate of drug-likeness (QED) is 0.145. The van der Waals surface area contributed by atoms with Crippen molar-refractivity contribution in [3.8, 4) is 0 Å². The van der Waals surface area contributed by atoms with Gasteiger partial charge in [0.25, 0.3) is 20.0 Å². The van der Waals surface area contributed by atoms with Gasteiger partial charge in [0, 0.05) is 48.7 Å². The number of hydrogen-bond acceptors (Lipinski definition) is 8. The Kier molecular flexibility index (Phi) is 9.90. The largest absolute Gasteiger partial charge is 0.305 e. The van der Waals surface area contributed by atoms with E-state index >= 15 is 0 Å². The lowest BCUT2D eigenvalue weighted by Crippen LogP contribution is -2.26. The third-order valence-electron chi connectivity index (χ3n) is 8.18. The molecule has 2 heterocycles. The molecule has 0 saturated carbocycles. The van der Waals surface area contributed by atoms with E-state index in [9.17, 15) is 16.8 Å². The standard InChI is InChI=1S/C32H32Cl2N4O4S4/c1-37-27-9-5-3-7-23(27)31(25-13-11-21(33)19-29(25)45(37,39)40)35-15-17-43-44-18-16-36-32-24-8-4-6-10-28(24)38(2)46(41,42)30-20-22(34)12-14-26(30)32/h3-14,19-20,31-32,35-36H,15-18H2,1-2H3. The van der Waals surface area contributed by atoms with Crippen molar-refractivity contribution in [2.45, 2.75) is 21.9 Å². The topological polar surface area (TPSA) is 98.8 Å². The van der Waals surface area contributed by atoms with Crippen molar-refractivity contribution in [3.05, 3.63) is 117 Å². The zero-order chi connectivity index (χ0) is 32.6. The minimum atomic E-state index is -3.78. The average Bonchev–Trinajstić information content (AvgIpc) is 3.16. The summed E-state index contributed by atoms with van der Waals surface area (Å²) in [6.07, 6.45) is 0. The predicted octanol–water partition coefficient (Wildman–Crippen LogP) is 6.71. The molecule has 2 N–H and O–H groups in total. The van der Waals surface area contributed by atoms with Crippen LogP contribution < -0.4 is 19.2 Å². The Morgan fingerprint density at radius 1 is 0.609 bits per heavy atom. The number of benzene rings is 4. The van der Waals surface area contributed by atoms with Crippen LogP contribution in [-0.2, 0) is 20.0 Å². The SMILES string of the molecule is CN1c2ccccc2C(NCCSSCCNC2c3ccccc3N(C)S(=O)(=O)c3cc(Cl)ccc32)c2ccc(Cl)cc2S1(=O)=O. The van der Waals surface area contributed by atoms with Gasteiger partial charge in [0.1, 0.15) is 0 Å². The Labute approximate surface area is 288 Å². The van der Waals surface area contributed by atoms with Gasteiger partial charge in [-0.3, -0.25) is 8.61 Å². The number of halogens is 2. The molecule has 6 rings (SSSR count). The molecular weight excluding hydrogens is 704 g/mol. The summed E-state index contributed by atoms with van der Waals surface area (Å²) in [4.78, 5) is 0.402. The van der Waals surface area contributed by atoms with E-state index in [1.807, 2.05) is 48.5 Å². The molecular formula is C32H32Cl2N4O4S4. The maximum atomic E-state index is 13.5. The van der Waals surface area contributed by atoms with Crippen LogP contribution in [0.4, 0.5) is 11.4 Å². The third-order valence-corrected chi connectivity index (χ3v) is 14.7. The average molecular weight is 736 g/mol. The van der Waals surface area contributed by atoms with E-state index in [4.69, 9.17) is 23.2 Å². The number of hydrogen-bond donors (Lipinski definition) is 2. The summed E-state index contributed by atoms with van der Waals surface area (Å²) in [6, 6.07) is 24.5. The van der Waals surface area contributed by atoms with Crippen LogP contribution in [0.5, 0.6) is 0 Å². The maximum absolute atomic E-state index is 13.5. The van der Waals surface area contributed by atoms with Gasteiger partial charge in [-0.15, -0.1) is 0 Å². The van der Waals surface area contributed by atoms with E-state index in [0.29, 0.717) is 45.6 Å². The van der Waals surface area contributed by atoms with Crippen LogP contribution in [-0.4, -0.2) is 55.5 Å². The third kappa shape index (κ3) is 6.26. The normalized spacial score (nSPS) is 19.3. The van der Waals surface area contributed by atoms with Crippen LogP contribution in [0.15, 0.2) is 94.7 Å². The number of para-hydroxylation sites is 2. The fourth-order valence-corrected chi connectivity index (χ4v) is 11.2. The Morgan fingerprint density at radius 3 is 1.41 bits per heavy atom. The van der Waals surface area contributed by atoms with Gasteiger partial charge in [0.05, 0.1) is 33.2 Å². The molecule has 0 aromatic heterocycles. The molecule has 14 heteroatoms. The lowest BCUT2D eigenvalue weighted by atomic mass is 9.97. The second-order valence-electron chi connectivity index (χ2n) is 10.8. The molecule has 2 aliphatic heterocycles. The fourth-order valence-electron chi connectivity index (χ4n) is 5.91. The molecule has 8 nitrogen and oxygen atoms in total. The smallest absolute Gasteiger partial charge is 0.264 e. The number of rotatable bonds is 9. The van der Waals surface area contributed by atoms with Crippen molar-refractivity contribution >= 4 is 76.2 Å². The number of fused-ring (bicyclic) bond motifs is 4. The highest BCUT2D eigenvalue weighted by Crippen LogP contribution is 2.42. The van der Waals surface area contributed by atoms with Crippen LogP contribution >= 0.6 is 44.8 Å². The molecule has 0 radical (unpaired) electrons. The van der Waals surface area contributed by atoms with Crippen molar-refractivity contribution < 1.29 is 16.8 Å². The second-order valence-corrected chi connectivity index (χ2v) is 18.3. The van der Waals surface area contributed by atoms with Crippen molar-refractivity contribution in [2.75, 3.05) is 47.3 Å². The molecule has 0 spiro atoms. The monoisotopic (exact) mass is 734 g/mol. The van der Waals surface area contributed by atoms with Gasteiger partial charge in [-0.05, 0) is 58.7 Å². The summed E-state index contributed by atoms with van der Waals surface area (Å²) < 4.78 is 56.6. The van der Waals surface area contributed by atoms with E-state index in [2.05, 4.69) is 10.6 Å². The first-order valence-corrected chi connectivity index (χ1v) is 20.6. The van der Waals surface area contributed by atoms with Gasteiger partial charge in [-0.25, -0.2) is 16.8 Å². The molecule has 0 fully saturated rings. The summed E-state index contributed by atoms with van der Waals surface area (Å²) in [5.41, 5.74) is 4.36. The van der Waals surface area contributed by atoms with E-state index in [1.165, 1.54) is 20.7 Å². The van der Waals surface area contributed by atoms with Crippen LogP contribution in [0.1, 0.15) is 34.3 Å². The van der Waals surface area contributed by atoms with Crippen LogP contribution in [0.2, 0.25) is 10.0 Å². The van der Waals surface area contributed by atoms with Crippen molar-refractivity contribution in [2.24, 2.45) is 0 Å². The van der Waals surface area contributed by atoms with E-state index in [1.54, 1.807) is 59.9 Å². The summed E-state index contributed by atoms with van der Waals surface area (Å²) in [5, 5.41) is 7.91. The molecule has 2 aliphatic rings. The van der Waals surface area contributed by atoms with Crippen molar-refractivity contribution in [1.29, 1.82) is 0 Å².